The average molecular weight is 273 g/mol. The van der Waals surface area contributed by atoms with E-state index in [4.69, 9.17) is 11.6 Å². The maximum absolute atomic E-state index is 11.9. The van der Waals surface area contributed by atoms with Crippen LogP contribution in [0.4, 0.5) is 5.69 Å². The molecule has 0 atom stereocenters. The highest BCUT2D eigenvalue weighted by molar-refractivity contribution is 7.92. The molecule has 0 fully saturated rings. The Labute approximate surface area is 103 Å². The summed E-state index contributed by atoms with van der Waals surface area (Å²) in [5.74, 6) is 0. The minimum atomic E-state index is -3.78. The van der Waals surface area contributed by atoms with Crippen LogP contribution in [-0.4, -0.2) is 23.0 Å². The lowest BCUT2D eigenvalue weighted by Crippen LogP contribution is -2.14. The second kappa shape index (κ2) is 4.34. The molecule has 6 nitrogen and oxygen atoms in total. The van der Waals surface area contributed by atoms with E-state index in [0.29, 0.717) is 5.69 Å². The molecule has 0 unspecified atom stereocenters. The zero-order chi connectivity index (χ0) is 12.5. The zero-order valence-corrected chi connectivity index (χ0v) is 10.4. The molecule has 17 heavy (non-hydrogen) atoms. The Hall–Kier alpha value is -1.60. The van der Waals surface area contributed by atoms with E-state index in [9.17, 15) is 8.42 Å². The fourth-order valence-electron chi connectivity index (χ4n) is 1.20. The van der Waals surface area contributed by atoms with Crippen LogP contribution >= 0.6 is 11.6 Å². The summed E-state index contributed by atoms with van der Waals surface area (Å²) in [5.41, 5.74) is 0.356. The minimum Gasteiger partial charge on any atom is -0.324 e. The Bertz CT molecular complexity index is 624. The number of aryl methyl sites for hydroxylation is 1. The number of aromatic nitrogens is 3. The van der Waals surface area contributed by atoms with Crippen molar-refractivity contribution in [3.8, 4) is 0 Å². The number of hydrogen-bond donors (Lipinski definition) is 1. The van der Waals surface area contributed by atoms with Crippen LogP contribution < -0.4 is 4.72 Å². The molecule has 0 aliphatic carbocycles. The molecule has 0 aromatic carbocycles. The maximum Gasteiger partial charge on any atom is 0.282 e. The van der Waals surface area contributed by atoms with Gasteiger partial charge in [0.15, 0.2) is 0 Å². The highest BCUT2D eigenvalue weighted by Gasteiger charge is 2.22. The smallest absolute Gasteiger partial charge is 0.282 e. The van der Waals surface area contributed by atoms with Crippen molar-refractivity contribution in [1.29, 1.82) is 0 Å². The van der Waals surface area contributed by atoms with Crippen LogP contribution in [0.15, 0.2) is 35.9 Å². The van der Waals surface area contributed by atoms with Gasteiger partial charge in [-0.15, -0.1) is 0 Å². The number of nitrogens with one attached hydrogen (secondary N) is 1. The first-order valence-corrected chi connectivity index (χ1v) is 6.46. The summed E-state index contributed by atoms with van der Waals surface area (Å²) in [4.78, 5) is 7.55. The minimum absolute atomic E-state index is 0.0568. The lowest BCUT2D eigenvalue weighted by Gasteiger charge is -2.05. The van der Waals surface area contributed by atoms with Gasteiger partial charge >= 0.3 is 0 Å². The predicted molar refractivity (Wildman–Crippen MR) is 63.3 cm³/mol. The van der Waals surface area contributed by atoms with Crippen LogP contribution in [0.2, 0.25) is 5.15 Å². The molecule has 0 radical (unpaired) electrons. The van der Waals surface area contributed by atoms with Crippen molar-refractivity contribution in [3.63, 3.8) is 0 Å². The van der Waals surface area contributed by atoms with E-state index < -0.39 is 10.0 Å². The number of hydrogen-bond acceptors (Lipinski definition) is 4. The highest BCUT2D eigenvalue weighted by atomic mass is 35.5. The van der Waals surface area contributed by atoms with Gasteiger partial charge in [0.05, 0.1) is 18.2 Å². The predicted octanol–water partition coefficient (Wildman–Crippen LogP) is 1.27. The van der Waals surface area contributed by atoms with Gasteiger partial charge in [-0.3, -0.25) is 9.71 Å². The molecule has 8 heteroatoms. The van der Waals surface area contributed by atoms with E-state index in [1.807, 2.05) is 0 Å². The van der Waals surface area contributed by atoms with Crippen molar-refractivity contribution in [2.24, 2.45) is 7.05 Å². The van der Waals surface area contributed by atoms with E-state index >= 15 is 0 Å². The number of rotatable bonds is 3. The van der Waals surface area contributed by atoms with Crippen LogP contribution in [0, 0.1) is 0 Å². The van der Waals surface area contributed by atoms with Gasteiger partial charge in [0.1, 0.15) is 5.15 Å². The Kier molecular flexibility index (Phi) is 3.03. The fourth-order valence-corrected chi connectivity index (χ4v) is 2.68. The first kappa shape index (κ1) is 11.9. The number of anilines is 1. The van der Waals surface area contributed by atoms with Gasteiger partial charge < -0.3 is 4.57 Å². The molecule has 0 saturated carbocycles. The van der Waals surface area contributed by atoms with E-state index in [1.54, 1.807) is 25.4 Å². The normalized spacial score (nSPS) is 11.4. The van der Waals surface area contributed by atoms with Gasteiger partial charge in [0, 0.05) is 13.2 Å². The van der Waals surface area contributed by atoms with Crippen molar-refractivity contribution in [2.75, 3.05) is 4.72 Å². The van der Waals surface area contributed by atoms with E-state index in [0.717, 1.165) is 0 Å². The summed E-state index contributed by atoms with van der Waals surface area (Å²) in [7, 11) is -2.17. The Balaban J connectivity index is 2.35. The topological polar surface area (TPSA) is 76.9 Å². The van der Waals surface area contributed by atoms with Gasteiger partial charge in [-0.25, -0.2) is 4.98 Å². The van der Waals surface area contributed by atoms with Crippen molar-refractivity contribution in [2.45, 2.75) is 5.03 Å². The molecule has 0 bridgehead atoms. The molecule has 2 rings (SSSR count). The van der Waals surface area contributed by atoms with E-state index in [1.165, 1.54) is 17.1 Å². The third-order valence-electron chi connectivity index (χ3n) is 2.00. The highest BCUT2D eigenvalue weighted by Crippen LogP contribution is 2.21. The van der Waals surface area contributed by atoms with E-state index in [-0.39, 0.29) is 10.2 Å². The van der Waals surface area contributed by atoms with Crippen molar-refractivity contribution < 1.29 is 8.42 Å². The molecule has 2 heterocycles. The second-order valence-corrected chi connectivity index (χ2v) is 5.25. The summed E-state index contributed by atoms with van der Waals surface area (Å²) >= 11 is 5.83. The van der Waals surface area contributed by atoms with Gasteiger partial charge in [-0.05, 0) is 12.1 Å². The van der Waals surface area contributed by atoms with Gasteiger partial charge in [-0.2, -0.15) is 8.42 Å². The molecule has 0 aliphatic rings. The molecule has 0 spiro atoms. The number of halogens is 1. The largest absolute Gasteiger partial charge is 0.324 e. The van der Waals surface area contributed by atoms with Crippen LogP contribution in [0.1, 0.15) is 0 Å². The van der Waals surface area contributed by atoms with Gasteiger partial charge in [0.2, 0.25) is 5.03 Å². The van der Waals surface area contributed by atoms with Crippen LogP contribution in [-0.2, 0) is 17.1 Å². The number of pyridine rings is 1. The molecule has 0 amide bonds. The number of imidazole rings is 1. The Morgan fingerprint density at radius 1 is 1.47 bits per heavy atom. The SMILES string of the molecule is Cn1cnc(S(=O)(=O)Nc2cccnc2)c1Cl. The Morgan fingerprint density at radius 3 is 2.76 bits per heavy atom. The molecule has 0 saturated heterocycles. The summed E-state index contributed by atoms with van der Waals surface area (Å²) in [6.45, 7) is 0. The standard InChI is InChI=1S/C9H9ClN4O2S/c1-14-6-12-9(8(14)10)17(15,16)13-7-3-2-4-11-5-7/h2-6,13H,1H3. The monoisotopic (exact) mass is 272 g/mol. The van der Waals surface area contributed by atoms with Crippen LogP contribution in [0.5, 0.6) is 0 Å². The quantitative estimate of drug-likeness (QED) is 0.913. The fraction of sp³-hybridized carbons (Fsp3) is 0.111. The molecule has 1 N–H and O–H groups in total. The van der Waals surface area contributed by atoms with Gasteiger partial charge in [-0.1, -0.05) is 11.6 Å². The maximum atomic E-state index is 11.9. The van der Waals surface area contributed by atoms with Gasteiger partial charge in [0.25, 0.3) is 10.0 Å². The molecule has 2 aromatic rings. The molecular weight excluding hydrogens is 264 g/mol. The summed E-state index contributed by atoms with van der Waals surface area (Å²) in [6, 6.07) is 3.21. The third-order valence-corrected chi connectivity index (χ3v) is 3.87. The molecular formula is C9H9ClN4O2S. The lowest BCUT2D eigenvalue weighted by atomic mass is 10.4. The lowest BCUT2D eigenvalue weighted by molar-refractivity contribution is 0.598. The number of sulfonamides is 1. The first-order chi connectivity index (χ1) is 8.00. The summed E-state index contributed by atoms with van der Waals surface area (Å²) in [5, 5.41) is -0.146. The van der Waals surface area contributed by atoms with Crippen molar-refractivity contribution in [1.82, 2.24) is 14.5 Å². The van der Waals surface area contributed by atoms with Crippen molar-refractivity contribution in [3.05, 3.63) is 36.0 Å². The molecule has 2 aromatic heterocycles. The second-order valence-electron chi connectivity index (χ2n) is 3.30. The van der Waals surface area contributed by atoms with E-state index in [2.05, 4.69) is 14.7 Å². The van der Waals surface area contributed by atoms with Crippen molar-refractivity contribution >= 4 is 27.3 Å². The third kappa shape index (κ3) is 2.40. The Morgan fingerprint density at radius 2 is 2.24 bits per heavy atom. The average Bonchev–Trinajstić information content (AvgIpc) is 2.61. The number of nitrogens with zero attached hydrogens (tertiary/aromatic N) is 3. The summed E-state index contributed by atoms with van der Waals surface area (Å²) < 4.78 is 27.6. The molecule has 0 aliphatic heterocycles. The molecule has 90 valence electrons. The van der Waals surface area contributed by atoms with Crippen LogP contribution in [0.3, 0.4) is 0 Å². The summed E-state index contributed by atoms with van der Waals surface area (Å²) in [6.07, 6.45) is 4.28. The van der Waals surface area contributed by atoms with Crippen LogP contribution in [0.25, 0.3) is 0 Å². The zero-order valence-electron chi connectivity index (χ0n) is 8.83. The first-order valence-electron chi connectivity index (χ1n) is 4.60.